The molecule has 0 saturated carbocycles. The van der Waals surface area contributed by atoms with Gasteiger partial charge in [0.2, 0.25) is 0 Å². The maximum absolute atomic E-state index is 10.4. The molecule has 1 aromatic heterocycles. The molecule has 0 aliphatic carbocycles. The third-order valence-corrected chi connectivity index (χ3v) is 1.25. The predicted octanol–water partition coefficient (Wildman–Crippen LogP) is -0.313. The van der Waals surface area contributed by atoms with Crippen LogP contribution in [0.5, 0.6) is 0 Å². The van der Waals surface area contributed by atoms with Gasteiger partial charge in [0.25, 0.3) is 0 Å². The van der Waals surface area contributed by atoms with E-state index in [9.17, 15) is 4.79 Å². The van der Waals surface area contributed by atoms with E-state index in [1.165, 1.54) is 6.07 Å². The number of hydrogen-bond acceptors (Lipinski definition) is 4. The van der Waals surface area contributed by atoms with Crippen molar-refractivity contribution in [2.45, 2.75) is 6.54 Å². The molecule has 0 fully saturated rings. The fourth-order valence-corrected chi connectivity index (χ4v) is 0.729. The number of hydrogen-bond donors (Lipinski definition) is 2. The monoisotopic (exact) mass is 166 g/mol. The molecule has 3 N–H and O–H groups in total. The van der Waals surface area contributed by atoms with Gasteiger partial charge in [-0.1, -0.05) is 0 Å². The molecule has 0 unspecified atom stereocenters. The average Bonchev–Trinajstić information content (AvgIpc) is 2.34. The lowest BCUT2D eigenvalue weighted by Crippen LogP contribution is -2.04. The fraction of sp³-hybridized carbons (Fsp3) is 0.167. The standard InChI is InChI=1S/C6H6N4O2/c7-1-2-10-5(8)3-4(9-10)6(11)12/h3H,2,8H2,(H,11,12). The van der Waals surface area contributed by atoms with Crippen molar-refractivity contribution in [1.29, 1.82) is 5.26 Å². The van der Waals surface area contributed by atoms with E-state index in [1.807, 2.05) is 0 Å². The molecule has 1 rings (SSSR count). The van der Waals surface area contributed by atoms with E-state index < -0.39 is 5.97 Å². The number of rotatable bonds is 2. The summed E-state index contributed by atoms with van der Waals surface area (Å²) in [4.78, 5) is 10.4. The molecule has 12 heavy (non-hydrogen) atoms. The molecule has 1 heterocycles. The van der Waals surface area contributed by atoms with Crippen molar-refractivity contribution in [2.24, 2.45) is 0 Å². The molecule has 0 spiro atoms. The number of nitrogens with zero attached hydrogens (tertiary/aromatic N) is 3. The second-order valence-electron chi connectivity index (χ2n) is 2.08. The second kappa shape index (κ2) is 2.92. The van der Waals surface area contributed by atoms with E-state index in [1.54, 1.807) is 6.07 Å². The number of nitrogen functional groups attached to an aromatic ring is 1. The Bertz CT molecular complexity index is 349. The van der Waals surface area contributed by atoms with E-state index in [-0.39, 0.29) is 18.1 Å². The molecule has 0 radical (unpaired) electrons. The Labute approximate surface area is 67.8 Å². The minimum atomic E-state index is -1.15. The number of anilines is 1. The lowest BCUT2D eigenvalue weighted by atomic mass is 10.4. The second-order valence-corrected chi connectivity index (χ2v) is 2.08. The smallest absolute Gasteiger partial charge is 0.356 e. The summed E-state index contributed by atoms with van der Waals surface area (Å²) in [5.74, 6) is -0.979. The lowest BCUT2D eigenvalue weighted by Gasteiger charge is -1.93. The summed E-state index contributed by atoms with van der Waals surface area (Å²) in [5, 5.41) is 20.3. The highest BCUT2D eigenvalue weighted by Gasteiger charge is 2.09. The first-order chi connectivity index (χ1) is 5.65. The average molecular weight is 166 g/mol. The van der Waals surface area contributed by atoms with E-state index in [0.717, 1.165) is 4.68 Å². The Morgan fingerprint density at radius 1 is 1.92 bits per heavy atom. The van der Waals surface area contributed by atoms with Gasteiger partial charge in [-0.2, -0.15) is 10.4 Å². The van der Waals surface area contributed by atoms with E-state index in [4.69, 9.17) is 16.1 Å². The Balaban J connectivity index is 3.02. The van der Waals surface area contributed by atoms with Gasteiger partial charge in [0.1, 0.15) is 12.4 Å². The van der Waals surface area contributed by atoms with Gasteiger partial charge in [-0.15, -0.1) is 0 Å². The van der Waals surface area contributed by atoms with Crippen molar-refractivity contribution in [3.63, 3.8) is 0 Å². The van der Waals surface area contributed by atoms with Crippen LogP contribution in [-0.4, -0.2) is 20.9 Å². The fourth-order valence-electron chi connectivity index (χ4n) is 0.729. The number of carbonyl (C=O) groups is 1. The van der Waals surface area contributed by atoms with E-state index in [0.29, 0.717) is 0 Å². The zero-order valence-corrected chi connectivity index (χ0v) is 6.06. The molecular weight excluding hydrogens is 160 g/mol. The van der Waals surface area contributed by atoms with Crippen molar-refractivity contribution in [2.75, 3.05) is 5.73 Å². The zero-order chi connectivity index (χ0) is 9.14. The first kappa shape index (κ1) is 8.07. The normalized spacial score (nSPS) is 9.25. The number of nitriles is 1. The van der Waals surface area contributed by atoms with Gasteiger partial charge in [0, 0.05) is 6.07 Å². The summed E-state index contributed by atoms with van der Waals surface area (Å²) in [6.45, 7) is -0.0425. The van der Waals surface area contributed by atoms with E-state index >= 15 is 0 Å². The minimum absolute atomic E-state index is 0.0425. The highest BCUT2D eigenvalue weighted by molar-refractivity contribution is 5.86. The van der Waals surface area contributed by atoms with Crippen molar-refractivity contribution in [3.8, 4) is 6.07 Å². The number of carboxylic acid groups (broad SMARTS) is 1. The Kier molecular flexibility index (Phi) is 1.96. The lowest BCUT2D eigenvalue weighted by molar-refractivity contribution is 0.0689. The van der Waals surface area contributed by atoms with Gasteiger partial charge in [-0.05, 0) is 0 Å². The molecule has 1 aromatic rings. The highest BCUT2D eigenvalue weighted by Crippen LogP contribution is 2.05. The summed E-state index contributed by atoms with van der Waals surface area (Å²) in [7, 11) is 0. The highest BCUT2D eigenvalue weighted by atomic mass is 16.4. The molecule has 0 saturated heterocycles. The molecule has 0 aromatic carbocycles. The first-order valence-electron chi connectivity index (χ1n) is 3.08. The topological polar surface area (TPSA) is 105 Å². The van der Waals surface area contributed by atoms with Crippen LogP contribution in [0.2, 0.25) is 0 Å². The first-order valence-corrected chi connectivity index (χ1v) is 3.08. The summed E-state index contributed by atoms with van der Waals surface area (Å²) < 4.78 is 1.13. The van der Waals surface area contributed by atoms with Gasteiger partial charge in [0.05, 0.1) is 6.07 Å². The number of aromatic carboxylic acids is 1. The molecule has 6 nitrogen and oxygen atoms in total. The van der Waals surface area contributed by atoms with Gasteiger partial charge >= 0.3 is 5.97 Å². The number of aromatic nitrogens is 2. The quantitative estimate of drug-likeness (QED) is 0.626. The summed E-state index contributed by atoms with van der Waals surface area (Å²) in [5.41, 5.74) is 5.20. The van der Waals surface area contributed by atoms with Gasteiger partial charge in [-0.25, -0.2) is 9.48 Å². The molecule has 6 heteroatoms. The largest absolute Gasteiger partial charge is 0.476 e. The Hall–Kier alpha value is -2.03. The maximum atomic E-state index is 10.4. The van der Waals surface area contributed by atoms with Crippen LogP contribution in [0.1, 0.15) is 10.5 Å². The van der Waals surface area contributed by atoms with Crippen LogP contribution < -0.4 is 5.73 Å². The maximum Gasteiger partial charge on any atom is 0.356 e. The molecule has 0 atom stereocenters. The third-order valence-electron chi connectivity index (χ3n) is 1.25. The zero-order valence-electron chi connectivity index (χ0n) is 6.06. The molecular formula is C6H6N4O2. The number of nitrogens with two attached hydrogens (primary N) is 1. The van der Waals surface area contributed by atoms with Crippen molar-refractivity contribution >= 4 is 11.8 Å². The summed E-state index contributed by atoms with van der Waals surface area (Å²) in [6, 6.07) is 3.01. The van der Waals surface area contributed by atoms with Crippen LogP contribution in [0.25, 0.3) is 0 Å². The predicted molar refractivity (Wildman–Crippen MR) is 39.2 cm³/mol. The Morgan fingerprint density at radius 2 is 2.58 bits per heavy atom. The third kappa shape index (κ3) is 1.34. The van der Waals surface area contributed by atoms with Crippen LogP contribution in [0.3, 0.4) is 0 Å². The summed E-state index contributed by atoms with van der Waals surface area (Å²) in [6.07, 6.45) is 0. The van der Waals surface area contributed by atoms with Gasteiger partial charge in [-0.3, -0.25) is 0 Å². The van der Waals surface area contributed by atoms with Gasteiger partial charge in [0.15, 0.2) is 5.69 Å². The van der Waals surface area contributed by atoms with Crippen LogP contribution in [0.4, 0.5) is 5.82 Å². The van der Waals surface area contributed by atoms with Crippen molar-refractivity contribution < 1.29 is 9.90 Å². The van der Waals surface area contributed by atoms with Crippen LogP contribution >= 0.6 is 0 Å². The van der Waals surface area contributed by atoms with Crippen LogP contribution in [0.15, 0.2) is 6.07 Å². The molecule has 0 aliphatic rings. The Morgan fingerprint density at radius 3 is 3.00 bits per heavy atom. The summed E-state index contributed by atoms with van der Waals surface area (Å²) >= 11 is 0. The minimum Gasteiger partial charge on any atom is -0.476 e. The molecule has 0 amide bonds. The molecule has 62 valence electrons. The number of carboxylic acids is 1. The van der Waals surface area contributed by atoms with Crippen molar-refractivity contribution in [1.82, 2.24) is 9.78 Å². The molecule has 0 bridgehead atoms. The van der Waals surface area contributed by atoms with Gasteiger partial charge < -0.3 is 10.8 Å². The van der Waals surface area contributed by atoms with Crippen LogP contribution in [-0.2, 0) is 6.54 Å². The molecule has 0 aliphatic heterocycles. The van der Waals surface area contributed by atoms with E-state index in [2.05, 4.69) is 5.10 Å². The van der Waals surface area contributed by atoms with Crippen LogP contribution in [0, 0.1) is 11.3 Å². The SMILES string of the molecule is N#CCn1nc(C(=O)O)cc1N. The van der Waals surface area contributed by atoms with Crippen molar-refractivity contribution in [3.05, 3.63) is 11.8 Å².